The largest absolute Gasteiger partial charge is 0.265 e. The van der Waals surface area contributed by atoms with Crippen LogP contribution in [0, 0.1) is 10.1 Å². The molecule has 74 valence electrons. The van der Waals surface area contributed by atoms with Crippen LogP contribution >= 0.6 is 0 Å². The molecule has 0 radical (unpaired) electrons. The molecule has 0 heterocycles. The van der Waals surface area contributed by atoms with Crippen molar-refractivity contribution in [2.45, 2.75) is 25.2 Å². The summed E-state index contributed by atoms with van der Waals surface area (Å²) < 4.78 is 0. The molecule has 1 aromatic rings. The quantitative estimate of drug-likeness (QED) is 0.541. The zero-order chi connectivity index (χ0) is 9.97. The van der Waals surface area contributed by atoms with Crippen molar-refractivity contribution in [3.8, 4) is 0 Å². The van der Waals surface area contributed by atoms with E-state index in [9.17, 15) is 10.1 Å². The molecule has 0 spiro atoms. The van der Waals surface area contributed by atoms with Crippen LogP contribution in [0.25, 0.3) is 0 Å². The first-order chi connectivity index (χ1) is 6.75. The van der Waals surface area contributed by atoms with Crippen LogP contribution < -0.4 is 0 Å². The van der Waals surface area contributed by atoms with Crippen molar-refractivity contribution in [1.29, 1.82) is 0 Å². The Balaban J connectivity index is 2.02. The summed E-state index contributed by atoms with van der Waals surface area (Å²) in [4.78, 5) is 9.95. The molecule has 0 aromatic heterocycles. The van der Waals surface area contributed by atoms with Gasteiger partial charge in [0.05, 0.1) is 0 Å². The van der Waals surface area contributed by atoms with Gasteiger partial charge in [-0.3, -0.25) is 10.1 Å². The van der Waals surface area contributed by atoms with Gasteiger partial charge in [-0.05, 0) is 29.9 Å². The smallest absolute Gasteiger partial charge is 0.207 e. The zero-order valence-corrected chi connectivity index (χ0v) is 7.98. The van der Waals surface area contributed by atoms with Crippen LogP contribution in [0.15, 0.2) is 24.3 Å². The predicted molar refractivity (Wildman–Crippen MR) is 54.0 cm³/mol. The summed E-state index contributed by atoms with van der Waals surface area (Å²) in [6.45, 7) is 0.0358. The first kappa shape index (κ1) is 9.19. The lowest BCUT2D eigenvalue weighted by molar-refractivity contribution is -0.479. The minimum atomic E-state index is -0.260. The van der Waals surface area contributed by atoms with E-state index in [0.717, 1.165) is 11.5 Å². The summed E-state index contributed by atoms with van der Waals surface area (Å²) in [6.07, 6.45) is 3.10. The summed E-state index contributed by atoms with van der Waals surface area (Å²) in [7, 11) is 0. The number of rotatable bonds is 4. The maximum atomic E-state index is 10.2. The summed E-state index contributed by atoms with van der Waals surface area (Å²) in [5.74, 6) is 0.727. The predicted octanol–water partition coefficient (Wildman–Crippen LogP) is 2.38. The molecule has 0 bridgehead atoms. The summed E-state index contributed by atoms with van der Waals surface area (Å²) >= 11 is 0. The maximum Gasteiger partial charge on any atom is 0.207 e. The Hall–Kier alpha value is -1.38. The van der Waals surface area contributed by atoms with Gasteiger partial charge in [-0.15, -0.1) is 0 Å². The molecule has 3 nitrogen and oxygen atoms in total. The molecule has 1 aliphatic rings. The molecule has 3 heteroatoms. The van der Waals surface area contributed by atoms with Crippen molar-refractivity contribution in [3.63, 3.8) is 0 Å². The molecule has 0 saturated heterocycles. The molecule has 1 aromatic carbocycles. The van der Waals surface area contributed by atoms with Gasteiger partial charge in [-0.25, -0.2) is 0 Å². The van der Waals surface area contributed by atoms with Crippen LogP contribution in [-0.4, -0.2) is 11.5 Å². The van der Waals surface area contributed by atoms with E-state index in [-0.39, 0.29) is 11.5 Å². The molecule has 0 unspecified atom stereocenters. The zero-order valence-electron chi connectivity index (χ0n) is 7.98. The molecule has 0 amide bonds. The minimum Gasteiger partial charge on any atom is -0.265 e. The van der Waals surface area contributed by atoms with Gasteiger partial charge in [0.25, 0.3) is 0 Å². The van der Waals surface area contributed by atoms with Crippen molar-refractivity contribution in [3.05, 3.63) is 45.5 Å². The fourth-order valence-electron chi connectivity index (χ4n) is 1.64. The highest BCUT2D eigenvalue weighted by Crippen LogP contribution is 2.40. The van der Waals surface area contributed by atoms with Crippen LogP contribution in [-0.2, 0) is 6.42 Å². The van der Waals surface area contributed by atoms with Crippen LogP contribution in [0.1, 0.15) is 29.9 Å². The lowest BCUT2D eigenvalue weighted by Gasteiger charge is -2.01. The fraction of sp³-hybridized carbons (Fsp3) is 0.455. The third-order valence-electron chi connectivity index (χ3n) is 2.58. The first-order valence-corrected chi connectivity index (χ1v) is 4.96. The molecule has 0 atom stereocenters. The highest BCUT2D eigenvalue weighted by molar-refractivity contribution is 5.29. The first-order valence-electron chi connectivity index (χ1n) is 4.96. The molecule has 1 saturated carbocycles. The summed E-state index contributed by atoms with van der Waals surface area (Å²) in [5, 5.41) is 10.2. The van der Waals surface area contributed by atoms with E-state index >= 15 is 0 Å². The molecule has 14 heavy (non-hydrogen) atoms. The third kappa shape index (κ3) is 2.31. The summed E-state index contributed by atoms with van der Waals surface area (Å²) in [6, 6.07) is 8.20. The lowest BCUT2D eigenvalue weighted by atomic mass is 10.1. The van der Waals surface area contributed by atoms with Crippen LogP contribution in [0.5, 0.6) is 0 Å². The highest BCUT2D eigenvalue weighted by atomic mass is 16.6. The Morgan fingerprint density at radius 2 is 2.21 bits per heavy atom. The molecule has 0 N–H and O–H groups in total. The minimum absolute atomic E-state index is 0.0358. The number of benzene rings is 1. The Morgan fingerprint density at radius 1 is 1.43 bits per heavy atom. The average molecular weight is 191 g/mol. The number of hydrogen-bond donors (Lipinski definition) is 0. The maximum absolute atomic E-state index is 10.2. The topological polar surface area (TPSA) is 43.1 Å². The van der Waals surface area contributed by atoms with Gasteiger partial charge >= 0.3 is 0 Å². The normalized spacial score (nSPS) is 15.4. The van der Waals surface area contributed by atoms with E-state index in [0.29, 0.717) is 6.42 Å². The van der Waals surface area contributed by atoms with Crippen molar-refractivity contribution in [1.82, 2.24) is 0 Å². The van der Waals surface area contributed by atoms with E-state index in [1.807, 2.05) is 12.1 Å². The third-order valence-corrected chi connectivity index (χ3v) is 2.58. The molecular formula is C11H13NO2. The second kappa shape index (κ2) is 3.78. The number of nitro groups is 1. The second-order valence-corrected chi connectivity index (χ2v) is 3.83. The second-order valence-electron chi connectivity index (χ2n) is 3.83. The van der Waals surface area contributed by atoms with Gasteiger partial charge in [-0.2, -0.15) is 0 Å². The van der Waals surface area contributed by atoms with Crippen molar-refractivity contribution >= 4 is 0 Å². The number of hydrogen-bond acceptors (Lipinski definition) is 2. The van der Waals surface area contributed by atoms with Gasteiger partial charge < -0.3 is 0 Å². The van der Waals surface area contributed by atoms with Crippen LogP contribution in [0.3, 0.4) is 0 Å². The van der Waals surface area contributed by atoms with Crippen molar-refractivity contribution in [2.24, 2.45) is 0 Å². The lowest BCUT2D eigenvalue weighted by Crippen LogP contribution is -2.03. The Bertz CT molecular complexity index is 345. The Morgan fingerprint density at radius 3 is 2.86 bits per heavy atom. The monoisotopic (exact) mass is 191 g/mol. The van der Waals surface area contributed by atoms with Gasteiger partial charge in [0.1, 0.15) is 0 Å². The van der Waals surface area contributed by atoms with Gasteiger partial charge in [0.15, 0.2) is 0 Å². The molecular weight excluding hydrogens is 178 g/mol. The highest BCUT2D eigenvalue weighted by Gasteiger charge is 2.23. The van der Waals surface area contributed by atoms with Gasteiger partial charge in [-0.1, -0.05) is 24.3 Å². The number of nitrogens with zero attached hydrogens (tertiary/aromatic N) is 1. The Kier molecular flexibility index (Phi) is 2.48. The van der Waals surface area contributed by atoms with E-state index in [4.69, 9.17) is 0 Å². The van der Waals surface area contributed by atoms with E-state index in [1.54, 1.807) is 0 Å². The van der Waals surface area contributed by atoms with Crippen molar-refractivity contribution < 1.29 is 4.92 Å². The molecule has 2 rings (SSSR count). The van der Waals surface area contributed by atoms with Gasteiger partial charge in [0.2, 0.25) is 6.54 Å². The van der Waals surface area contributed by atoms with E-state index in [2.05, 4.69) is 12.1 Å². The average Bonchev–Trinajstić information content (AvgIpc) is 2.98. The molecule has 1 fully saturated rings. The fourth-order valence-corrected chi connectivity index (χ4v) is 1.64. The SMILES string of the molecule is O=[N+]([O-])CCc1cccc(C2CC2)c1. The van der Waals surface area contributed by atoms with E-state index in [1.165, 1.54) is 18.4 Å². The van der Waals surface area contributed by atoms with Gasteiger partial charge in [0, 0.05) is 11.3 Å². The van der Waals surface area contributed by atoms with Crippen LogP contribution in [0.4, 0.5) is 0 Å². The van der Waals surface area contributed by atoms with E-state index < -0.39 is 0 Å². The summed E-state index contributed by atoms with van der Waals surface area (Å²) in [5.41, 5.74) is 2.44. The molecule has 1 aliphatic carbocycles. The molecule has 0 aliphatic heterocycles. The van der Waals surface area contributed by atoms with Crippen LogP contribution in [0.2, 0.25) is 0 Å². The Labute approximate surface area is 82.9 Å². The standard InChI is InChI=1S/C11H13NO2/c13-12(14)7-6-9-2-1-3-11(8-9)10-4-5-10/h1-3,8,10H,4-7H2. The van der Waals surface area contributed by atoms with Crippen molar-refractivity contribution in [2.75, 3.05) is 6.54 Å².